The van der Waals surface area contributed by atoms with Crippen LogP contribution < -0.4 is 15.4 Å². The van der Waals surface area contributed by atoms with Crippen LogP contribution in [0, 0.1) is 18.8 Å². The molecule has 7 nitrogen and oxygen atoms in total. The molecule has 1 saturated heterocycles. The van der Waals surface area contributed by atoms with E-state index in [0.717, 1.165) is 15.3 Å². The second kappa shape index (κ2) is 6.69. The van der Waals surface area contributed by atoms with Crippen molar-refractivity contribution in [3.05, 3.63) is 51.2 Å². The van der Waals surface area contributed by atoms with Crippen LogP contribution in [0.1, 0.15) is 25.7 Å². The Morgan fingerprint density at radius 1 is 1.25 bits per heavy atom. The van der Waals surface area contributed by atoms with Crippen LogP contribution in [0.25, 0.3) is 0 Å². The molecule has 4 amide bonds. The third-order valence-electron chi connectivity index (χ3n) is 4.70. The van der Waals surface area contributed by atoms with Crippen LogP contribution in [0.15, 0.2) is 30.3 Å². The largest absolute Gasteiger partial charge is 0.497 e. The molecule has 2 N–H and O–H groups in total. The van der Waals surface area contributed by atoms with Gasteiger partial charge in [-0.1, -0.05) is 17.9 Å². The number of aryl methyl sites for hydroxylation is 1. The first kappa shape index (κ1) is 18.1. The summed E-state index contributed by atoms with van der Waals surface area (Å²) in [5.41, 5.74) is -0.120. The molecule has 0 bridgehead atoms. The Balaban J connectivity index is 1.64. The highest BCUT2D eigenvalue weighted by molar-refractivity contribution is 7.12. The molecule has 0 spiro atoms. The average molecular weight is 395 g/mol. The third kappa shape index (κ3) is 3.10. The van der Waals surface area contributed by atoms with Gasteiger partial charge in [0.15, 0.2) is 0 Å². The van der Waals surface area contributed by atoms with Crippen molar-refractivity contribution < 1.29 is 19.1 Å². The molecule has 1 fully saturated rings. The number of carbonyl (C=O) groups excluding carboxylic acids is 3. The molecule has 2 aliphatic rings. The molecule has 2 aromatic rings. The number of thiophene rings is 1. The smallest absolute Gasteiger partial charge is 0.323 e. The van der Waals surface area contributed by atoms with Crippen molar-refractivity contribution in [3.8, 4) is 17.6 Å². The molecule has 0 aliphatic carbocycles. The van der Waals surface area contributed by atoms with E-state index >= 15 is 0 Å². The fourth-order valence-corrected chi connectivity index (χ4v) is 4.00. The van der Waals surface area contributed by atoms with Gasteiger partial charge in [-0.25, -0.2) is 4.79 Å². The molecule has 28 heavy (non-hydrogen) atoms. The predicted molar refractivity (Wildman–Crippen MR) is 103 cm³/mol. The lowest BCUT2D eigenvalue weighted by molar-refractivity contribution is -0.122. The van der Waals surface area contributed by atoms with Gasteiger partial charge in [-0.05, 0) is 36.8 Å². The molecule has 8 heteroatoms. The van der Waals surface area contributed by atoms with Crippen LogP contribution in [0.4, 0.5) is 4.79 Å². The van der Waals surface area contributed by atoms with Crippen LogP contribution in [-0.4, -0.2) is 41.9 Å². The summed E-state index contributed by atoms with van der Waals surface area (Å²) in [6.07, 6.45) is 0. The molecule has 0 saturated carbocycles. The molecule has 1 aromatic carbocycles. The number of urea groups is 1. The van der Waals surface area contributed by atoms with E-state index in [1.807, 2.05) is 25.1 Å². The van der Waals surface area contributed by atoms with Gasteiger partial charge in [-0.2, -0.15) is 0 Å². The highest BCUT2D eigenvalue weighted by atomic mass is 32.1. The zero-order valence-electron chi connectivity index (χ0n) is 15.3. The molecular formula is C20H17N3O4S. The molecule has 1 atom stereocenters. The molecule has 142 valence electrons. The van der Waals surface area contributed by atoms with Crippen molar-refractivity contribution in [2.45, 2.75) is 19.0 Å². The molecule has 3 heterocycles. The van der Waals surface area contributed by atoms with Crippen molar-refractivity contribution in [1.29, 1.82) is 0 Å². The Morgan fingerprint density at radius 2 is 2.07 bits per heavy atom. The van der Waals surface area contributed by atoms with E-state index < -0.39 is 17.5 Å². The van der Waals surface area contributed by atoms with Gasteiger partial charge in [0.1, 0.15) is 5.75 Å². The molecule has 2 aliphatic heterocycles. The van der Waals surface area contributed by atoms with E-state index in [4.69, 9.17) is 4.74 Å². The van der Waals surface area contributed by atoms with Crippen molar-refractivity contribution in [2.24, 2.45) is 0 Å². The zero-order valence-corrected chi connectivity index (χ0v) is 16.1. The van der Waals surface area contributed by atoms with E-state index in [9.17, 15) is 14.4 Å². The first-order valence-corrected chi connectivity index (χ1v) is 9.41. The second-order valence-corrected chi connectivity index (χ2v) is 7.95. The van der Waals surface area contributed by atoms with Gasteiger partial charge in [0.25, 0.3) is 11.8 Å². The van der Waals surface area contributed by atoms with E-state index in [1.165, 1.54) is 23.3 Å². The molecule has 4 rings (SSSR count). The molecular weight excluding hydrogens is 378 g/mol. The summed E-state index contributed by atoms with van der Waals surface area (Å²) in [5, 5.41) is 4.84. The van der Waals surface area contributed by atoms with Crippen LogP contribution in [0.3, 0.4) is 0 Å². The van der Waals surface area contributed by atoms with Gasteiger partial charge in [0, 0.05) is 17.0 Å². The Bertz CT molecular complexity index is 1060. The van der Waals surface area contributed by atoms with Crippen molar-refractivity contribution >= 4 is 29.2 Å². The quantitative estimate of drug-likeness (QED) is 0.611. The van der Waals surface area contributed by atoms with Crippen molar-refractivity contribution in [2.75, 3.05) is 13.7 Å². The number of nitrogens with one attached hydrogen (secondary N) is 2. The number of hydrogen-bond donors (Lipinski definition) is 2. The Kier molecular flexibility index (Phi) is 4.32. The van der Waals surface area contributed by atoms with Gasteiger partial charge in [-0.15, -0.1) is 11.3 Å². The minimum Gasteiger partial charge on any atom is -0.497 e. The number of ether oxygens (including phenoxy) is 1. The van der Waals surface area contributed by atoms with Gasteiger partial charge < -0.3 is 15.0 Å². The summed E-state index contributed by atoms with van der Waals surface area (Å²) in [4.78, 5) is 40.6. The number of hydrogen-bond acceptors (Lipinski definition) is 5. The van der Waals surface area contributed by atoms with Gasteiger partial charge >= 0.3 is 6.03 Å². The number of fused-ring (bicyclic) bond motifs is 1. The van der Waals surface area contributed by atoms with Crippen LogP contribution >= 0.6 is 11.3 Å². The maximum absolute atomic E-state index is 12.8. The number of benzene rings is 1. The average Bonchev–Trinajstić information content (AvgIpc) is 3.30. The SMILES string of the molecule is COc1ccc2c(c1)C(=O)N(C[C@@]1(C#Cc3ccc(C)s3)NC(=O)NC1=O)C2. The lowest BCUT2D eigenvalue weighted by atomic mass is 9.99. The van der Waals surface area contributed by atoms with Crippen LogP contribution in [0.5, 0.6) is 5.75 Å². The number of amides is 4. The van der Waals surface area contributed by atoms with E-state index in [0.29, 0.717) is 17.9 Å². The summed E-state index contributed by atoms with van der Waals surface area (Å²) < 4.78 is 5.18. The summed E-state index contributed by atoms with van der Waals surface area (Å²) >= 11 is 1.50. The standard InChI is InChI=1S/C20H17N3O4S/c1-12-3-6-15(28-12)7-8-20(18(25)21-19(26)22-20)11-23-10-13-4-5-14(27-2)9-16(13)17(23)24/h3-6,9H,10-11H2,1-2H3,(H2,21,22,25,26)/t20-/m1/s1. The predicted octanol–water partition coefficient (Wildman–Crippen LogP) is 1.65. The summed E-state index contributed by atoms with van der Waals surface area (Å²) in [7, 11) is 1.54. The number of imide groups is 1. The summed E-state index contributed by atoms with van der Waals surface area (Å²) in [6.45, 7) is 2.25. The monoisotopic (exact) mass is 395 g/mol. The van der Waals surface area contributed by atoms with Gasteiger partial charge in [0.2, 0.25) is 5.54 Å². The Hall–Kier alpha value is -3.31. The maximum atomic E-state index is 12.8. The van der Waals surface area contributed by atoms with Crippen LogP contribution in [-0.2, 0) is 11.3 Å². The minimum atomic E-state index is -1.49. The Morgan fingerprint density at radius 3 is 2.71 bits per heavy atom. The van der Waals surface area contributed by atoms with Crippen molar-refractivity contribution in [1.82, 2.24) is 15.5 Å². The van der Waals surface area contributed by atoms with Gasteiger partial charge in [-0.3, -0.25) is 14.9 Å². The molecule has 1 aromatic heterocycles. The fraction of sp³-hybridized carbons (Fsp3) is 0.250. The van der Waals surface area contributed by atoms with Crippen molar-refractivity contribution in [3.63, 3.8) is 0 Å². The first-order valence-electron chi connectivity index (χ1n) is 8.59. The molecule has 0 radical (unpaired) electrons. The summed E-state index contributed by atoms with van der Waals surface area (Å²) in [6, 6.07) is 8.46. The van der Waals surface area contributed by atoms with E-state index in [1.54, 1.807) is 12.1 Å². The summed E-state index contributed by atoms with van der Waals surface area (Å²) in [5.74, 6) is 5.67. The number of carbonyl (C=O) groups is 3. The number of rotatable bonds is 3. The van der Waals surface area contributed by atoms with Gasteiger partial charge in [0.05, 0.1) is 18.5 Å². The second-order valence-electron chi connectivity index (χ2n) is 6.66. The minimum absolute atomic E-state index is 0.0439. The normalized spacial score (nSPS) is 20.4. The van der Waals surface area contributed by atoms with E-state index in [2.05, 4.69) is 22.5 Å². The number of nitrogens with zero attached hydrogens (tertiary/aromatic N) is 1. The first-order chi connectivity index (χ1) is 13.4. The molecule has 0 unspecified atom stereocenters. The van der Waals surface area contributed by atoms with E-state index in [-0.39, 0.29) is 12.5 Å². The Labute approximate surface area is 165 Å². The highest BCUT2D eigenvalue weighted by Crippen LogP contribution is 2.28. The fourth-order valence-electron chi connectivity index (χ4n) is 3.28. The lowest BCUT2D eigenvalue weighted by Crippen LogP contribution is -2.54. The third-order valence-corrected chi connectivity index (χ3v) is 5.62. The maximum Gasteiger partial charge on any atom is 0.323 e. The topological polar surface area (TPSA) is 87.7 Å². The highest BCUT2D eigenvalue weighted by Gasteiger charge is 2.48. The zero-order chi connectivity index (χ0) is 19.9. The van der Waals surface area contributed by atoms with Crippen LogP contribution in [0.2, 0.25) is 0 Å². The number of methoxy groups -OCH3 is 1. The lowest BCUT2D eigenvalue weighted by Gasteiger charge is -2.26.